The van der Waals surface area contributed by atoms with E-state index in [0.717, 1.165) is 11.1 Å². The second-order valence-electron chi connectivity index (χ2n) is 6.05. The molecule has 27 heavy (non-hydrogen) atoms. The summed E-state index contributed by atoms with van der Waals surface area (Å²) in [5.74, 6) is 0.558. The smallest absolute Gasteiger partial charge is 0.230 e. The van der Waals surface area contributed by atoms with Gasteiger partial charge in [0.25, 0.3) is 0 Å². The van der Waals surface area contributed by atoms with E-state index in [4.69, 9.17) is 0 Å². The van der Waals surface area contributed by atoms with Gasteiger partial charge in [-0.1, -0.05) is 42.1 Å². The van der Waals surface area contributed by atoms with Crippen LogP contribution in [0.5, 0.6) is 0 Å². The Morgan fingerprint density at radius 3 is 2.52 bits per heavy atom. The third-order valence-corrected chi connectivity index (χ3v) is 5.11. The van der Waals surface area contributed by atoms with Crippen LogP contribution in [0.1, 0.15) is 25.5 Å². The van der Waals surface area contributed by atoms with Crippen LogP contribution in [0, 0.1) is 5.82 Å². The molecule has 0 saturated carbocycles. The molecule has 1 unspecified atom stereocenters. The Bertz CT molecular complexity index is 896. The van der Waals surface area contributed by atoms with Gasteiger partial charge in [-0.3, -0.25) is 4.79 Å². The molecule has 3 rings (SSSR count). The SMILES string of the molecule is CCn1c(SCC(=O)NC(C)c2ccccc2)nnc1-c1ccc(F)cc1. The maximum absolute atomic E-state index is 13.1. The molecule has 0 bridgehead atoms. The Morgan fingerprint density at radius 2 is 1.85 bits per heavy atom. The summed E-state index contributed by atoms with van der Waals surface area (Å²) in [5.41, 5.74) is 1.85. The molecule has 0 fully saturated rings. The van der Waals surface area contributed by atoms with Crippen molar-refractivity contribution in [3.8, 4) is 11.4 Å². The molecular weight excluding hydrogens is 363 g/mol. The minimum absolute atomic E-state index is 0.0573. The largest absolute Gasteiger partial charge is 0.349 e. The monoisotopic (exact) mass is 384 g/mol. The van der Waals surface area contributed by atoms with E-state index in [9.17, 15) is 9.18 Å². The van der Waals surface area contributed by atoms with Crippen LogP contribution in [-0.2, 0) is 11.3 Å². The molecule has 1 aromatic heterocycles. The summed E-state index contributed by atoms with van der Waals surface area (Å²) in [6.45, 7) is 4.60. The van der Waals surface area contributed by atoms with Crippen LogP contribution in [0.2, 0.25) is 0 Å². The zero-order valence-electron chi connectivity index (χ0n) is 15.2. The first kappa shape index (κ1) is 19.1. The van der Waals surface area contributed by atoms with E-state index in [1.807, 2.05) is 48.7 Å². The van der Waals surface area contributed by atoms with E-state index in [-0.39, 0.29) is 23.5 Å². The predicted molar refractivity (Wildman–Crippen MR) is 105 cm³/mol. The number of carbonyl (C=O) groups is 1. The lowest BCUT2D eigenvalue weighted by Crippen LogP contribution is -2.28. The minimum atomic E-state index is -0.292. The minimum Gasteiger partial charge on any atom is -0.349 e. The number of hydrogen-bond donors (Lipinski definition) is 1. The van der Waals surface area contributed by atoms with Gasteiger partial charge < -0.3 is 9.88 Å². The van der Waals surface area contributed by atoms with E-state index in [0.29, 0.717) is 17.5 Å². The van der Waals surface area contributed by atoms with Crippen molar-refractivity contribution in [1.29, 1.82) is 0 Å². The van der Waals surface area contributed by atoms with Gasteiger partial charge in [-0.2, -0.15) is 0 Å². The summed E-state index contributed by atoms with van der Waals surface area (Å²) in [5, 5.41) is 12.1. The Kier molecular flexibility index (Phi) is 6.24. The van der Waals surface area contributed by atoms with Crippen LogP contribution in [0.25, 0.3) is 11.4 Å². The average molecular weight is 384 g/mol. The van der Waals surface area contributed by atoms with Crippen LogP contribution in [0.4, 0.5) is 4.39 Å². The first-order valence-electron chi connectivity index (χ1n) is 8.74. The van der Waals surface area contributed by atoms with Gasteiger partial charge >= 0.3 is 0 Å². The molecule has 140 valence electrons. The number of carbonyl (C=O) groups excluding carboxylic acids is 1. The van der Waals surface area contributed by atoms with Gasteiger partial charge in [0.15, 0.2) is 11.0 Å². The Morgan fingerprint density at radius 1 is 1.15 bits per heavy atom. The number of hydrogen-bond acceptors (Lipinski definition) is 4. The van der Waals surface area contributed by atoms with Crippen molar-refractivity contribution in [2.24, 2.45) is 0 Å². The third kappa shape index (κ3) is 4.74. The first-order valence-corrected chi connectivity index (χ1v) is 9.73. The highest BCUT2D eigenvalue weighted by atomic mass is 32.2. The second-order valence-corrected chi connectivity index (χ2v) is 6.99. The number of rotatable bonds is 7. The fourth-order valence-corrected chi connectivity index (χ4v) is 3.54. The maximum Gasteiger partial charge on any atom is 0.230 e. The summed E-state index contributed by atoms with van der Waals surface area (Å²) in [4.78, 5) is 12.3. The third-order valence-electron chi connectivity index (χ3n) is 4.14. The topological polar surface area (TPSA) is 59.8 Å². The van der Waals surface area contributed by atoms with Crippen molar-refractivity contribution in [2.45, 2.75) is 31.6 Å². The summed E-state index contributed by atoms with van der Waals surface area (Å²) in [6, 6.07) is 15.9. The Balaban J connectivity index is 1.64. The molecule has 5 nitrogen and oxygen atoms in total. The van der Waals surface area contributed by atoms with Gasteiger partial charge in [0, 0.05) is 12.1 Å². The number of amides is 1. The molecule has 0 aliphatic carbocycles. The van der Waals surface area contributed by atoms with Crippen molar-refractivity contribution in [3.05, 3.63) is 66.0 Å². The van der Waals surface area contributed by atoms with Crippen molar-refractivity contribution < 1.29 is 9.18 Å². The molecule has 3 aromatic rings. The first-order chi connectivity index (χ1) is 13.1. The van der Waals surface area contributed by atoms with Gasteiger partial charge in [0.05, 0.1) is 11.8 Å². The van der Waals surface area contributed by atoms with Gasteiger partial charge in [-0.15, -0.1) is 10.2 Å². The molecule has 1 atom stereocenters. The molecule has 1 heterocycles. The lowest BCUT2D eigenvalue weighted by Gasteiger charge is -2.14. The van der Waals surface area contributed by atoms with Crippen LogP contribution in [-0.4, -0.2) is 26.4 Å². The molecule has 0 aliphatic heterocycles. The summed E-state index contributed by atoms with van der Waals surface area (Å²) < 4.78 is 15.1. The van der Waals surface area contributed by atoms with Crippen molar-refractivity contribution in [1.82, 2.24) is 20.1 Å². The number of nitrogens with zero attached hydrogens (tertiary/aromatic N) is 3. The standard InChI is InChI=1S/C20H21FN4OS/c1-3-25-19(16-9-11-17(21)12-10-16)23-24-20(25)27-13-18(26)22-14(2)15-7-5-4-6-8-15/h4-12,14H,3,13H2,1-2H3,(H,22,26). The van der Waals surface area contributed by atoms with E-state index in [1.165, 1.54) is 23.9 Å². The molecule has 1 amide bonds. The number of nitrogens with one attached hydrogen (secondary N) is 1. The van der Waals surface area contributed by atoms with Crippen molar-refractivity contribution in [3.63, 3.8) is 0 Å². The zero-order chi connectivity index (χ0) is 19.2. The highest BCUT2D eigenvalue weighted by Crippen LogP contribution is 2.24. The predicted octanol–water partition coefficient (Wildman–Crippen LogP) is 4.07. The van der Waals surface area contributed by atoms with Crippen LogP contribution < -0.4 is 5.32 Å². The van der Waals surface area contributed by atoms with Gasteiger partial charge in [-0.25, -0.2) is 4.39 Å². The van der Waals surface area contributed by atoms with Gasteiger partial charge in [0.2, 0.25) is 5.91 Å². The summed E-state index contributed by atoms with van der Waals surface area (Å²) >= 11 is 1.34. The number of thioether (sulfide) groups is 1. The highest BCUT2D eigenvalue weighted by Gasteiger charge is 2.15. The molecular formula is C20H21FN4OS. The number of benzene rings is 2. The van der Waals surface area contributed by atoms with Crippen LogP contribution >= 0.6 is 11.8 Å². The van der Waals surface area contributed by atoms with Crippen molar-refractivity contribution >= 4 is 17.7 Å². The highest BCUT2D eigenvalue weighted by molar-refractivity contribution is 7.99. The van der Waals surface area contributed by atoms with Crippen LogP contribution in [0.15, 0.2) is 59.8 Å². The lowest BCUT2D eigenvalue weighted by molar-refractivity contribution is -0.119. The van der Waals surface area contributed by atoms with E-state index in [2.05, 4.69) is 15.5 Å². The average Bonchev–Trinajstić information content (AvgIpc) is 3.10. The molecule has 0 aliphatic rings. The number of halogens is 1. The summed E-state index contributed by atoms with van der Waals surface area (Å²) in [7, 11) is 0. The fraction of sp³-hybridized carbons (Fsp3) is 0.250. The molecule has 1 N–H and O–H groups in total. The Labute approximate surface area is 162 Å². The zero-order valence-corrected chi connectivity index (χ0v) is 16.0. The van der Waals surface area contributed by atoms with Crippen LogP contribution in [0.3, 0.4) is 0 Å². The quantitative estimate of drug-likeness (QED) is 0.624. The lowest BCUT2D eigenvalue weighted by atomic mass is 10.1. The van der Waals surface area contributed by atoms with Crippen molar-refractivity contribution in [2.75, 3.05) is 5.75 Å². The van der Waals surface area contributed by atoms with E-state index >= 15 is 0 Å². The second kappa shape index (κ2) is 8.81. The van der Waals surface area contributed by atoms with Gasteiger partial charge in [0.1, 0.15) is 5.82 Å². The summed E-state index contributed by atoms with van der Waals surface area (Å²) in [6.07, 6.45) is 0. The molecule has 2 aromatic carbocycles. The maximum atomic E-state index is 13.1. The molecule has 7 heteroatoms. The van der Waals surface area contributed by atoms with E-state index < -0.39 is 0 Å². The molecule has 0 radical (unpaired) electrons. The molecule has 0 spiro atoms. The van der Waals surface area contributed by atoms with Gasteiger partial charge in [-0.05, 0) is 43.7 Å². The Hall–Kier alpha value is -2.67. The van der Waals surface area contributed by atoms with E-state index in [1.54, 1.807) is 12.1 Å². The number of aromatic nitrogens is 3. The molecule has 0 saturated heterocycles. The fourth-order valence-electron chi connectivity index (χ4n) is 2.73. The normalized spacial score (nSPS) is 12.0.